The highest BCUT2D eigenvalue weighted by Gasteiger charge is 2.28. The van der Waals surface area contributed by atoms with E-state index in [1.54, 1.807) is 6.33 Å². The number of rotatable bonds is 3. The second kappa shape index (κ2) is 5.45. The molecule has 20 heavy (non-hydrogen) atoms. The van der Waals surface area contributed by atoms with Crippen LogP contribution in [0.3, 0.4) is 0 Å². The number of aryl methyl sites for hydroxylation is 1. The molecule has 0 bridgehead atoms. The molecule has 5 nitrogen and oxygen atoms in total. The van der Waals surface area contributed by atoms with Crippen LogP contribution in [0.2, 0.25) is 0 Å². The summed E-state index contributed by atoms with van der Waals surface area (Å²) in [5.74, 6) is 1.91. The highest BCUT2D eigenvalue weighted by Crippen LogP contribution is 2.34. The van der Waals surface area contributed by atoms with Crippen LogP contribution in [0.15, 0.2) is 30.6 Å². The Morgan fingerprint density at radius 3 is 3.00 bits per heavy atom. The Bertz CT molecular complexity index is 598. The molecule has 0 spiro atoms. The van der Waals surface area contributed by atoms with Gasteiger partial charge in [0.25, 0.3) is 0 Å². The largest absolute Gasteiger partial charge is 0.373 e. The fraction of sp³-hybridized carbons (Fsp3) is 0.400. The Morgan fingerprint density at radius 2 is 2.20 bits per heavy atom. The third-order valence-electron chi connectivity index (χ3n) is 3.70. The van der Waals surface area contributed by atoms with Gasteiger partial charge < -0.3 is 10.2 Å². The topological polar surface area (TPSA) is 53.9 Å². The minimum Gasteiger partial charge on any atom is -0.373 e. The van der Waals surface area contributed by atoms with Gasteiger partial charge in [0, 0.05) is 25.4 Å². The van der Waals surface area contributed by atoms with Crippen molar-refractivity contribution in [1.82, 2.24) is 15.0 Å². The van der Waals surface area contributed by atoms with E-state index in [1.165, 1.54) is 6.42 Å². The second-order valence-electron chi connectivity index (χ2n) is 5.07. The fourth-order valence-corrected chi connectivity index (χ4v) is 2.72. The maximum Gasteiger partial charge on any atom is 0.132 e. The first-order valence-corrected chi connectivity index (χ1v) is 6.98. The molecule has 1 N–H and O–H groups in total. The lowest BCUT2D eigenvalue weighted by molar-refractivity contribution is 0.687. The van der Waals surface area contributed by atoms with Crippen LogP contribution in [0.5, 0.6) is 0 Å². The van der Waals surface area contributed by atoms with Crippen LogP contribution in [-0.4, -0.2) is 28.5 Å². The van der Waals surface area contributed by atoms with E-state index in [9.17, 15) is 0 Å². The molecule has 2 aromatic rings. The second-order valence-corrected chi connectivity index (χ2v) is 5.07. The first-order valence-electron chi connectivity index (χ1n) is 6.98. The molecule has 2 aromatic heterocycles. The zero-order valence-electron chi connectivity index (χ0n) is 11.9. The molecule has 1 aliphatic heterocycles. The summed E-state index contributed by atoms with van der Waals surface area (Å²) in [5, 5.41) is 3.10. The van der Waals surface area contributed by atoms with Crippen LogP contribution in [0.1, 0.15) is 30.3 Å². The Balaban J connectivity index is 1.92. The van der Waals surface area contributed by atoms with E-state index in [4.69, 9.17) is 0 Å². The van der Waals surface area contributed by atoms with Crippen molar-refractivity contribution in [3.8, 4) is 0 Å². The van der Waals surface area contributed by atoms with Crippen molar-refractivity contribution in [2.75, 3.05) is 23.8 Å². The number of pyridine rings is 1. The molecule has 1 saturated heterocycles. The van der Waals surface area contributed by atoms with Gasteiger partial charge in [-0.3, -0.25) is 0 Å². The Labute approximate surface area is 119 Å². The zero-order valence-corrected chi connectivity index (χ0v) is 11.9. The predicted octanol–water partition coefficient (Wildman–Crippen LogP) is 2.56. The molecule has 0 aliphatic carbocycles. The molecule has 0 radical (unpaired) electrons. The van der Waals surface area contributed by atoms with Gasteiger partial charge in [-0.25, -0.2) is 15.0 Å². The van der Waals surface area contributed by atoms with E-state index in [-0.39, 0.29) is 0 Å². The first kappa shape index (κ1) is 12.8. The normalized spacial score (nSPS) is 18.3. The van der Waals surface area contributed by atoms with Crippen molar-refractivity contribution in [3.63, 3.8) is 0 Å². The average molecular weight is 269 g/mol. The maximum absolute atomic E-state index is 4.68. The molecule has 3 rings (SSSR count). The van der Waals surface area contributed by atoms with Gasteiger partial charge in [-0.1, -0.05) is 6.07 Å². The number of nitrogens with zero attached hydrogens (tertiary/aromatic N) is 4. The molecule has 5 heteroatoms. The Hall–Kier alpha value is -2.17. The van der Waals surface area contributed by atoms with Gasteiger partial charge in [0.05, 0.1) is 11.7 Å². The Morgan fingerprint density at radius 1 is 1.30 bits per heavy atom. The summed E-state index contributed by atoms with van der Waals surface area (Å²) >= 11 is 0. The molecule has 104 valence electrons. The van der Waals surface area contributed by atoms with Gasteiger partial charge >= 0.3 is 0 Å². The van der Waals surface area contributed by atoms with E-state index in [1.807, 2.05) is 26.1 Å². The zero-order chi connectivity index (χ0) is 13.9. The summed E-state index contributed by atoms with van der Waals surface area (Å²) in [6, 6.07) is 8.48. The maximum atomic E-state index is 4.68. The first-order chi connectivity index (χ1) is 9.78. The molecule has 0 aromatic carbocycles. The van der Waals surface area contributed by atoms with Crippen molar-refractivity contribution >= 4 is 11.6 Å². The van der Waals surface area contributed by atoms with Crippen LogP contribution in [0.25, 0.3) is 0 Å². The van der Waals surface area contributed by atoms with Crippen LogP contribution in [0, 0.1) is 6.92 Å². The van der Waals surface area contributed by atoms with Gasteiger partial charge in [-0.2, -0.15) is 0 Å². The lowest BCUT2D eigenvalue weighted by Gasteiger charge is -2.25. The van der Waals surface area contributed by atoms with Crippen molar-refractivity contribution in [2.45, 2.75) is 25.8 Å². The van der Waals surface area contributed by atoms with Crippen molar-refractivity contribution in [1.29, 1.82) is 0 Å². The highest BCUT2D eigenvalue weighted by atomic mass is 15.2. The molecule has 3 heterocycles. The standard InChI is InChI=1S/C15H19N5/c1-11-9-15(18-10-17-11)20-8-4-6-13(20)12-5-3-7-14(16-2)19-12/h3,5,7,9-10,13H,4,6,8H2,1-2H3,(H,16,19). The summed E-state index contributed by atoms with van der Waals surface area (Å²) in [7, 11) is 1.90. The lowest BCUT2D eigenvalue weighted by atomic mass is 10.1. The molecule has 0 saturated carbocycles. The number of aromatic nitrogens is 3. The minimum atomic E-state index is 0.303. The summed E-state index contributed by atoms with van der Waals surface area (Å²) in [6.07, 6.45) is 3.92. The fourth-order valence-electron chi connectivity index (χ4n) is 2.72. The lowest BCUT2D eigenvalue weighted by Crippen LogP contribution is -2.24. The summed E-state index contributed by atoms with van der Waals surface area (Å²) < 4.78 is 0. The molecule has 1 fully saturated rings. The number of hydrogen-bond donors (Lipinski definition) is 1. The van der Waals surface area contributed by atoms with Crippen LogP contribution in [-0.2, 0) is 0 Å². The van der Waals surface area contributed by atoms with Crippen LogP contribution < -0.4 is 10.2 Å². The molecular formula is C15H19N5. The van der Waals surface area contributed by atoms with Gasteiger partial charge in [0.1, 0.15) is 18.0 Å². The highest BCUT2D eigenvalue weighted by molar-refractivity contribution is 5.44. The summed E-state index contributed by atoms with van der Waals surface area (Å²) in [5.41, 5.74) is 2.10. The number of hydrogen-bond acceptors (Lipinski definition) is 5. The third-order valence-corrected chi connectivity index (χ3v) is 3.70. The van der Waals surface area contributed by atoms with Gasteiger partial charge in [-0.15, -0.1) is 0 Å². The molecule has 0 amide bonds. The quantitative estimate of drug-likeness (QED) is 0.928. The van der Waals surface area contributed by atoms with Crippen molar-refractivity contribution in [2.24, 2.45) is 0 Å². The van der Waals surface area contributed by atoms with E-state index < -0.39 is 0 Å². The van der Waals surface area contributed by atoms with E-state index in [0.29, 0.717) is 6.04 Å². The van der Waals surface area contributed by atoms with E-state index in [0.717, 1.165) is 36.0 Å². The Kier molecular flexibility index (Phi) is 3.50. The van der Waals surface area contributed by atoms with Crippen LogP contribution in [0.4, 0.5) is 11.6 Å². The van der Waals surface area contributed by atoms with Gasteiger partial charge in [0.2, 0.25) is 0 Å². The van der Waals surface area contributed by atoms with Crippen molar-refractivity contribution in [3.05, 3.63) is 42.0 Å². The minimum absolute atomic E-state index is 0.303. The van der Waals surface area contributed by atoms with Gasteiger partial charge in [-0.05, 0) is 31.9 Å². The predicted molar refractivity (Wildman–Crippen MR) is 79.9 cm³/mol. The van der Waals surface area contributed by atoms with E-state index in [2.05, 4.69) is 37.3 Å². The van der Waals surface area contributed by atoms with Crippen molar-refractivity contribution < 1.29 is 0 Å². The third kappa shape index (κ3) is 2.43. The molecule has 1 unspecified atom stereocenters. The molecule has 1 atom stereocenters. The molecule has 1 aliphatic rings. The van der Waals surface area contributed by atoms with Gasteiger partial charge in [0.15, 0.2) is 0 Å². The molecular weight excluding hydrogens is 250 g/mol. The summed E-state index contributed by atoms with van der Waals surface area (Å²) in [4.78, 5) is 15.6. The monoisotopic (exact) mass is 269 g/mol. The smallest absolute Gasteiger partial charge is 0.132 e. The van der Waals surface area contributed by atoms with Crippen LogP contribution >= 0.6 is 0 Å². The van der Waals surface area contributed by atoms with E-state index >= 15 is 0 Å². The summed E-state index contributed by atoms with van der Waals surface area (Å²) in [6.45, 7) is 3.02. The number of anilines is 2. The SMILES string of the molecule is CNc1cccc(C2CCCN2c2cc(C)ncn2)n1. The number of nitrogens with one attached hydrogen (secondary N) is 1. The average Bonchev–Trinajstić information content (AvgIpc) is 2.97.